The normalized spacial score (nSPS) is 15.7. The van der Waals surface area contributed by atoms with Gasteiger partial charge in [0.2, 0.25) is 0 Å². The molecule has 0 radical (unpaired) electrons. The third-order valence-corrected chi connectivity index (χ3v) is 5.91. The summed E-state index contributed by atoms with van der Waals surface area (Å²) in [6, 6.07) is 3.56. The number of aromatic nitrogens is 2. The highest BCUT2D eigenvalue weighted by molar-refractivity contribution is 7.18. The lowest BCUT2D eigenvalue weighted by atomic mass is 10.1. The van der Waals surface area contributed by atoms with Crippen molar-refractivity contribution >= 4 is 33.2 Å². The van der Waals surface area contributed by atoms with E-state index in [0.29, 0.717) is 35.6 Å². The van der Waals surface area contributed by atoms with Crippen molar-refractivity contribution in [1.82, 2.24) is 9.97 Å². The Bertz CT molecular complexity index is 1040. The Morgan fingerprint density at radius 2 is 2.08 bits per heavy atom. The molecule has 1 aliphatic carbocycles. The Balaban J connectivity index is 1.70. The number of hydrogen-bond acceptors (Lipinski definition) is 5. The number of rotatable bonds is 1. The van der Waals surface area contributed by atoms with E-state index in [1.165, 1.54) is 10.4 Å². The molecule has 0 fully saturated rings. The van der Waals surface area contributed by atoms with Gasteiger partial charge in [-0.15, -0.1) is 11.3 Å². The van der Waals surface area contributed by atoms with Gasteiger partial charge in [-0.25, -0.2) is 4.98 Å². The fourth-order valence-corrected chi connectivity index (χ4v) is 4.91. The van der Waals surface area contributed by atoms with E-state index in [4.69, 9.17) is 21.1 Å². The molecule has 5 nitrogen and oxygen atoms in total. The molecule has 0 atom stereocenters. The predicted molar refractivity (Wildman–Crippen MR) is 93.7 cm³/mol. The molecule has 5 rings (SSSR count). The van der Waals surface area contributed by atoms with E-state index >= 15 is 0 Å². The van der Waals surface area contributed by atoms with Crippen LogP contribution in [0.3, 0.4) is 0 Å². The Labute approximate surface area is 146 Å². The first-order chi connectivity index (χ1) is 11.7. The average Bonchev–Trinajstić information content (AvgIpc) is 3.15. The van der Waals surface area contributed by atoms with Crippen LogP contribution in [0.4, 0.5) is 0 Å². The number of ether oxygens (including phenoxy) is 2. The quantitative estimate of drug-likeness (QED) is 0.720. The molecule has 3 heterocycles. The third-order valence-electron chi connectivity index (χ3n) is 4.45. The van der Waals surface area contributed by atoms with Gasteiger partial charge < -0.3 is 14.5 Å². The fraction of sp³-hybridized carbons (Fsp3) is 0.294. The lowest BCUT2D eigenvalue weighted by Gasteiger charge is -2.20. The molecule has 1 aliphatic heterocycles. The van der Waals surface area contributed by atoms with Gasteiger partial charge in [-0.1, -0.05) is 11.6 Å². The molecule has 1 N–H and O–H groups in total. The van der Waals surface area contributed by atoms with Crippen molar-refractivity contribution < 1.29 is 9.47 Å². The Hall–Kier alpha value is -2.05. The topological polar surface area (TPSA) is 64.2 Å². The van der Waals surface area contributed by atoms with Crippen LogP contribution in [0.2, 0.25) is 5.02 Å². The van der Waals surface area contributed by atoms with Crippen LogP contribution in [0.5, 0.6) is 11.5 Å². The second-order valence-electron chi connectivity index (χ2n) is 5.93. The summed E-state index contributed by atoms with van der Waals surface area (Å²) in [5.41, 5.74) is 1.81. The Morgan fingerprint density at radius 1 is 1.21 bits per heavy atom. The van der Waals surface area contributed by atoms with Crippen LogP contribution >= 0.6 is 22.9 Å². The van der Waals surface area contributed by atoms with Gasteiger partial charge in [0.1, 0.15) is 23.9 Å². The van der Waals surface area contributed by atoms with E-state index in [9.17, 15) is 4.79 Å². The van der Waals surface area contributed by atoms with E-state index < -0.39 is 0 Å². The molecular formula is C17H13ClN2O3S. The number of aryl methyl sites for hydroxylation is 2. The average molecular weight is 361 g/mol. The van der Waals surface area contributed by atoms with E-state index in [0.717, 1.165) is 35.0 Å². The van der Waals surface area contributed by atoms with Gasteiger partial charge >= 0.3 is 0 Å². The number of hydrogen-bond donors (Lipinski definition) is 1. The molecular weight excluding hydrogens is 348 g/mol. The van der Waals surface area contributed by atoms with E-state index in [1.54, 1.807) is 17.4 Å². The van der Waals surface area contributed by atoms with Crippen molar-refractivity contribution in [1.29, 1.82) is 0 Å². The Morgan fingerprint density at radius 3 is 3.00 bits per heavy atom. The van der Waals surface area contributed by atoms with Crippen LogP contribution in [0, 0.1) is 0 Å². The van der Waals surface area contributed by atoms with Crippen molar-refractivity contribution in [3.8, 4) is 22.9 Å². The number of nitrogens with one attached hydrogen (secondary N) is 1. The highest BCUT2D eigenvalue weighted by atomic mass is 35.5. The number of benzene rings is 1. The zero-order valence-corrected chi connectivity index (χ0v) is 14.2. The fourth-order valence-electron chi connectivity index (χ4n) is 3.39. The largest absolute Gasteiger partial charge is 0.486 e. The molecule has 2 aromatic heterocycles. The minimum absolute atomic E-state index is 0.0830. The molecule has 0 saturated heterocycles. The molecule has 0 bridgehead atoms. The maximum absolute atomic E-state index is 12.6. The molecule has 1 aromatic carbocycles. The van der Waals surface area contributed by atoms with E-state index in [-0.39, 0.29) is 5.56 Å². The second-order valence-corrected chi connectivity index (χ2v) is 7.43. The van der Waals surface area contributed by atoms with Crippen molar-refractivity contribution in [3.63, 3.8) is 0 Å². The van der Waals surface area contributed by atoms with Gasteiger partial charge in [-0.05, 0) is 37.0 Å². The maximum Gasteiger partial charge on any atom is 0.260 e. The monoisotopic (exact) mass is 360 g/mol. The lowest BCUT2D eigenvalue weighted by molar-refractivity contribution is 0.172. The summed E-state index contributed by atoms with van der Waals surface area (Å²) in [6.07, 6.45) is 3.13. The Kier molecular flexibility index (Phi) is 3.11. The summed E-state index contributed by atoms with van der Waals surface area (Å²) in [6.45, 7) is 0.960. The molecule has 0 spiro atoms. The number of halogens is 1. The zero-order chi connectivity index (χ0) is 16.3. The van der Waals surface area contributed by atoms with Crippen molar-refractivity contribution in [3.05, 3.63) is 37.9 Å². The predicted octanol–water partition coefficient (Wildman–Crippen LogP) is 3.56. The molecule has 0 unspecified atom stereocenters. The minimum atomic E-state index is -0.0830. The summed E-state index contributed by atoms with van der Waals surface area (Å²) in [4.78, 5) is 22.2. The minimum Gasteiger partial charge on any atom is -0.486 e. The van der Waals surface area contributed by atoms with E-state index in [1.807, 2.05) is 6.07 Å². The van der Waals surface area contributed by atoms with Gasteiger partial charge in [0.25, 0.3) is 5.56 Å². The van der Waals surface area contributed by atoms with Crippen LogP contribution in [0.15, 0.2) is 16.9 Å². The van der Waals surface area contributed by atoms with Crippen molar-refractivity contribution in [2.24, 2.45) is 0 Å². The number of aromatic amines is 1. The number of thiophene rings is 1. The van der Waals surface area contributed by atoms with Crippen LogP contribution in [-0.4, -0.2) is 23.2 Å². The lowest BCUT2D eigenvalue weighted by Crippen LogP contribution is -2.16. The van der Waals surface area contributed by atoms with Crippen molar-refractivity contribution in [2.75, 3.05) is 13.2 Å². The van der Waals surface area contributed by atoms with Gasteiger partial charge in [-0.2, -0.15) is 0 Å². The third kappa shape index (κ3) is 2.06. The first-order valence-electron chi connectivity index (χ1n) is 7.85. The summed E-state index contributed by atoms with van der Waals surface area (Å²) in [5, 5.41) is 1.21. The summed E-state index contributed by atoms with van der Waals surface area (Å²) < 4.78 is 11.1. The molecule has 2 aliphatic rings. The summed E-state index contributed by atoms with van der Waals surface area (Å²) in [5.74, 6) is 1.64. The first kappa shape index (κ1) is 14.3. The number of nitrogens with zero attached hydrogens (tertiary/aromatic N) is 1. The van der Waals surface area contributed by atoms with Crippen LogP contribution in [0.1, 0.15) is 16.9 Å². The number of fused-ring (bicyclic) bond motifs is 4. The summed E-state index contributed by atoms with van der Waals surface area (Å²) >= 11 is 7.92. The van der Waals surface area contributed by atoms with E-state index in [2.05, 4.69) is 9.97 Å². The standard InChI is InChI=1S/C17H13ClN2O3S/c18-10-6-8(7-11-14(10)23-5-4-22-11)15-19-16(21)13-9-2-1-3-12(9)24-17(13)20-15/h6-7H,1-5H2,(H,19,20,21). The first-order valence-corrected chi connectivity index (χ1v) is 9.04. The van der Waals surface area contributed by atoms with Crippen molar-refractivity contribution in [2.45, 2.75) is 19.3 Å². The highest BCUT2D eigenvalue weighted by Gasteiger charge is 2.22. The SMILES string of the molecule is O=c1[nH]c(-c2cc(Cl)c3c(c2)OCCO3)nc2sc3c(c12)CCC3. The van der Waals surface area contributed by atoms with Gasteiger partial charge in [-0.3, -0.25) is 4.79 Å². The molecule has 0 saturated carbocycles. The molecule has 0 amide bonds. The molecule has 3 aromatic rings. The van der Waals surface area contributed by atoms with Crippen LogP contribution in [-0.2, 0) is 12.8 Å². The maximum atomic E-state index is 12.6. The molecule has 7 heteroatoms. The van der Waals surface area contributed by atoms with Gasteiger partial charge in [0.15, 0.2) is 11.5 Å². The highest BCUT2D eigenvalue weighted by Crippen LogP contribution is 2.41. The molecule has 24 heavy (non-hydrogen) atoms. The number of H-pyrrole nitrogens is 1. The van der Waals surface area contributed by atoms with Crippen LogP contribution < -0.4 is 15.0 Å². The van der Waals surface area contributed by atoms with Gasteiger partial charge in [0, 0.05) is 10.4 Å². The molecule has 122 valence electrons. The zero-order valence-electron chi connectivity index (χ0n) is 12.6. The second kappa shape index (κ2) is 5.22. The summed E-state index contributed by atoms with van der Waals surface area (Å²) in [7, 11) is 0. The smallest absolute Gasteiger partial charge is 0.260 e. The van der Waals surface area contributed by atoms with Gasteiger partial charge in [0.05, 0.1) is 10.4 Å². The van der Waals surface area contributed by atoms with Crippen LogP contribution in [0.25, 0.3) is 21.6 Å².